The van der Waals surface area contributed by atoms with Crippen LogP contribution in [-0.4, -0.2) is 30.6 Å². The monoisotopic (exact) mass is 286 g/mol. The summed E-state index contributed by atoms with van der Waals surface area (Å²) in [6, 6.07) is 5.08. The zero-order chi connectivity index (χ0) is 14.1. The van der Waals surface area contributed by atoms with Crippen molar-refractivity contribution in [3.05, 3.63) is 42.5 Å². The molecule has 0 aliphatic heterocycles. The molecule has 0 saturated heterocycles. The molecule has 0 unspecified atom stereocenters. The van der Waals surface area contributed by atoms with E-state index < -0.39 is 5.97 Å². The summed E-state index contributed by atoms with van der Waals surface area (Å²) >= 11 is 1.36. The second kappa shape index (κ2) is 4.93. The van der Waals surface area contributed by atoms with Crippen molar-refractivity contribution in [1.29, 1.82) is 0 Å². The van der Waals surface area contributed by atoms with Gasteiger partial charge in [-0.05, 0) is 30.0 Å². The van der Waals surface area contributed by atoms with E-state index in [1.165, 1.54) is 24.0 Å². The maximum Gasteiger partial charge on any atom is 0.337 e. The van der Waals surface area contributed by atoms with Gasteiger partial charge in [-0.15, -0.1) is 0 Å². The number of aromatic carboxylic acids is 1. The Balaban J connectivity index is 1.95. The van der Waals surface area contributed by atoms with Gasteiger partial charge < -0.3 is 9.67 Å². The molecule has 100 valence electrons. The normalized spacial score (nSPS) is 10.8. The third-order valence-electron chi connectivity index (χ3n) is 2.79. The maximum absolute atomic E-state index is 10.8. The van der Waals surface area contributed by atoms with E-state index in [9.17, 15) is 4.79 Å². The molecule has 7 heteroatoms. The molecule has 20 heavy (non-hydrogen) atoms. The number of hydrogen-bond acceptors (Lipinski definition) is 5. The molecule has 0 radical (unpaired) electrons. The second-order valence-corrected chi connectivity index (χ2v) is 5.14. The molecule has 0 fully saturated rings. The van der Waals surface area contributed by atoms with Crippen LogP contribution in [0.5, 0.6) is 0 Å². The van der Waals surface area contributed by atoms with Crippen molar-refractivity contribution in [2.45, 2.75) is 10.1 Å². The van der Waals surface area contributed by atoms with Gasteiger partial charge in [-0.1, -0.05) is 0 Å². The quantitative estimate of drug-likeness (QED) is 0.795. The predicted molar refractivity (Wildman–Crippen MR) is 73.8 cm³/mol. The topological polar surface area (TPSA) is 80.9 Å². The van der Waals surface area contributed by atoms with Crippen LogP contribution in [0, 0.1) is 0 Å². The van der Waals surface area contributed by atoms with Gasteiger partial charge in [0.15, 0.2) is 0 Å². The zero-order valence-corrected chi connectivity index (χ0v) is 11.3. The first-order valence-corrected chi connectivity index (χ1v) is 6.60. The number of carboxylic acids is 1. The van der Waals surface area contributed by atoms with Crippen molar-refractivity contribution in [2.24, 2.45) is 7.05 Å². The molecular weight excluding hydrogens is 276 g/mol. The maximum atomic E-state index is 10.8. The number of imidazole rings is 1. The molecule has 0 aromatic carbocycles. The number of aromatic nitrogens is 4. The van der Waals surface area contributed by atoms with Crippen LogP contribution in [0.2, 0.25) is 0 Å². The van der Waals surface area contributed by atoms with Crippen LogP contribution in [0.4, 0.5) is 0 Å². The fraction of sp³-hybridized carbons (Fsp3) is 0.0769. The van der Waals surface area contributed by atoms with Crippen molar-refractivity contribution in [2.75, 3.05) is 0 Å². The Morgan fingerprint density at radius 3 is 2.80 bits per heavy atom. The average molecular weight is 286 g/mol. The van der Waals surface area contributed by atoms with Gasteiger partial charge in [-0.3, -0.25) is 0 Å². The largest absolute Gasteiger partial charge is 0.478 e. The first kappa shape index (κ1) is 12.6. The van der Waals surface area contributed by atoms with Crippen molar-refractivity contribution in [3.63, 3.8) is 0 Å². The van der Waals surface area contributed by atoms with E-state index in [0.29, 0.717) is 5.03 Å². The third-order valence-corrected chi connectivity index (χ3v) is 3.74. The van der Waals surface area contributed by atoms with Crippen LogP contribution < -0.4 is 0 Å². The van der Waals surface area contributed by atoms with Gasteiger partial charge in [0, 0.05) is 19.4 Å². The molecule has 0 bridgehead atoms. The number of pyridine rings is 2. The fourth-order valence-corrected chi connectivity index (χ4v) is 2.59. The summed E-state index contributed by atoms with van der Waals surface area (Å²) in [7, 11) is 1.92. The SMILES string of the molecule is Cn1cnc2c(Sc3ccc(C(=O)O)cn3)nccc21. The Morgan fingerprint density at radius 1 is 1.25 bits per heavy atom. The smallest absolute Gasteiger partial charge is 0.337 e. The van der Waals surface area contributed by atoms with Gasteiger partial charge in [0.05, 0.1) is 17.4 Å². The molecule has 0 aliphatic carbocycles. The lowest BCUT2D eigenvalue weighted by Gasteiger charge is -2.02. The van der Waals surface area contributed by atoms with Gasteiger partial charge in [-0.2, -0.15) is 0 Å². The Hall–Kier alpha value is -2.41. The average Bonchev–Trinajstić information content (AvgIpc) is 2.82. The summed E-state index contributed by atoms with van der Waals surface area (Å²) in [4.78, 5) is 23.5. The second-order valence-electron chi connectivity index (χ2n) is 4.13. The molecule has 3 aromatic heterocycles. The first-order chi connectivity index (χ1) is 9.65. The summed E-state index contributed by atoms with van der Waals surface area (Å²) in [6.07, 6.45) is 4.79. The molecule has 1 N–H and O–H groups in total. The summed E-state index contributed by atoms with van der Waals surface area (Å²) in [5, 5.41) is 10.3. The number of nitrogens with zero attached hydrogens (tertiary/aromatic N) is 4. The fourth-order valence-electron chi connectivity index (χ4n) is 1.78. The predicted octanol–water partition coefficient (Wildman–Crippen LogP) is 2.21. The lowest BCUT2D eigenvalue weighted by atomic mass is 10.3. The molecule has 0 spiro atoms. The number of carboxylic acid groups (broad SMARTS) is 1. The van der Waals surface area contributed by atoms with E-state index in [2.05, 4.69) is 15.0 Å². The van der Waals surface area contributed by atoms with Gasteiger partial charge in [-0.25, -0.2) is 19.7 Å². The Kier molecular flexibility index (Phi) is 3.11. The summed E-state index contributed by atoms with van der Waals surface area (Å²) < 4.78 is 1.92. The van der Waals surface area contributed by atoms with Crippen molar-refractivity contribution < 1.29 is 9.90 Å². The zero-order valence-electron chi connectivity index (χ0n) is 10.5. The van der Waals surface area contributed by atoms with E-state index in [0.717, 1.165) is 16.1 Å². The number of carbonyl (C=O) groups is 1. The minimum absolute atomic E-state index is 0.165. The molecule has 0 atom stereocenters. The standard InChI is InChI=1S/C13H10N4O2S/c1-17-7-16-11-9(17)4-5-14-12(11)20-10-3-2-8(6-15-10)13(18)19/h2-7H,1H3,(H,18,19). The van der Waals surface area contributed by atoms with Crippen LogP contribution >= 0.6 is 11.8 Å². The number of aryl methyl sites for hydroxylation is 1. The Bertz CT molecular complexity index is 783. The molecule has 6 nitrogen and oxygen atoms in total. The number of fused-ring (bicyclic) bond motifs is 1. The van der Waals surface area contributed by atoms with Gasteiger partial charge >= 0.3 is 5.97 Å². The number of hydrogen-bond donors (Lipinski definition) is 1. The van der Waals surface area contributed by atoms with Gasteiger partial charge in [0.2, 0.25) is 0 Å². The lowest BCUT2D eigenvalue weighted by Crippen LogP contribution is -1.96. The van der Waals surface area contributed by atoms with Crippen LogP contribution in [0.15, 0.2) is 47.0 Å². The van der Waals surface area contributed by atoms with E-state index >= 15 is 0 Å². The molecule has 3 heterocycles. The van der Waals surface area contributed by atoms with Crippen molar-refractivity contribution in [3.8, 4) is 0 Å². The highest BCUT2D eigenvalue weighted by atomic mass is 32.2. The molecule has 0 aliphatic rings. The first-order valence-electron chi connectivity index (χ1n) is 5.78. The summed E-state index contributed by atoms with van der Waals surface area (Å²) in [5.41, 5.74) is 1.96. The van der Waals surface area contributed by atoms with E-state index in [1.54, 1.807) is 18.6 Å². The Labute approximate surface area is 118 Å². The molecule has 0 amide bonds. The van der Waals surface area contributed by atoms with E-state index in [-0.39, 0.29) is 5.56 Å². The highest BCUT2D eigenvalue weighted by Crippen LogP contribution is 2.29. The molecule has 3 aromatic rings. The van der Waals surface area contributed by atoms with Crippen LogP contribution in [0.25, 0.3) is 11.0 Å². The van der Waals surface area contributed by atoms with Crippen molar-refractivity contribution in [1.82, 2.24) is 19.5 Å². The minimum Gasteiger partial charge on any atom is -0.478 e. The van der Waals surface area contributed by atoms with Gasteiger partial charge in [0.1, 0.15) is 15.6 Å². The van der Waals surface area contributed by atoms with Crippen LogP contribution in [-0.2, 0) is 7.05 Å². The summed E-state index contributed by atoms with van der Waals surface area (Å²) in [6.45, 7) is 0. The highest BCUT2D eigenvalue weighted by Gasteiger charge is 2.10. The molecular formula is C13H10N4O2S. The minimum atomic E-state index is -0.987. The number of rotatable bonds is 3. The van der Waals surface area contributed by atoms with Gasteiger partial charge in [0.25, 0.3) is 0 Å². The van der Waals surface area contributed by atoms with Crippen LogP contribution in [0.3, 0.4) is 0 Å². The molecule has 0 saturated carbocycles. The third kappa shape index (κ3) is 2.23. The van der Waals surface area contributed by atoms with Crippen LogP contribution in [0.1, 0.15) is 10.4 Å². The summed E-state index contributed by atoms with van der Waals surface area (Å²) in [5.74, 6) is -0.987. The van der Waals surface area contributed by atoms with Crippen molar-refractivity contribution >= 4 is 28.8 Å². The lowest BCUT2D eigenvalue weighted by molar-refractivity contribution is 0.0696. The Morgan fingerprint density at radius 2 is 2.10 bits per heavy atom. The molecule has 3 rings (SSSR count). The van der Waals surface area contributed by atoms with E-state index in [4.69, 9.17) is 5.11 Å². The van der Waals surface area contributed by atoms with E-state index in [1.807, 2.05) is 17.7 Å². The highest BCUT2D eigenvalue weighted by molar-refractivity contribution is 7.99.